The molecule has 0 spiro atoms. The van der Waals surface area contributed by atoms with Gasteiger partial charge in [0, 0.05) is 19.3 Å². The minimum absolute atomic E-state index is 0.0769. The van der Waals surface area contributed by atoms with Gasteiger partial charge in [0.2, 0.25) is 0 Å². The normalized spacial score (nSPS) is 14.9. The molecule has 0 aromatic heterocycles. The third kappa shape index (κ3) is 77.8. The van der Waals surface area contributed by atoms with Crippen LogP contribution in [-0.4, -0.2) is 95.9 Å². The van der Waals surface area contributed by atoms with E-state index in [0.717, 1.165) is 180 Å². The second-order valence-electron chi connectivity index (χ2n) is 25.7. The Morgan fingerprint density at radius 2 is 0.515 bits per heavy atom. The molecule has 0 aliphatic carbocycles. The van der Waals surface area contributed by atoms with Crippen LogP contribution in [-0.2, 0) is 55.8 Å². The second-order valence-corrected chi connectivity index (χ2v) is 28.7. The van der Waals surface area contributed by atoms with Crippen LogP contribution in [0.1, 0.15) is 290 Å². The Morgan fingerprint density at radius 3 is 0.816 bits per heavy atom. The zero-order chi connectivity index (χ0) is 75.2. The predicted molar refractivity (Wildman–Crippen MR) is 426 cm³/mol. The molecule has 0 bridgehead atoms. The van der Waals surface area contributed by atoms with Crippen LogP contribution < -0.4 is 0 Å². The largest absolute Gasteiger partial charge is 0.472 e. The van der Waals surface area contributed by atoms with Crippen LogP contribution in [0.4, 0.5) is 0 Å². The van der Waals surface area contributed by atoms with E-state index in [1.807, 2.05) is 0 Å². The summed E-state index contributed by atoms with van der Waals surface area (Å²) in [6, 6.07) is 0. The molecule has 16 nitrogen and oxygen atoms in total. The summed E-state index contributed by atoms with van der Waals surface area (Å²) in [7, 11) is -9.81. The van der Waals surface area contributed by atoms with Gasteiger partial charge in [-0.3, -0.25) is 32.5 Å². The van der Waals surface area contributed by atoms with Crippen molar-refractivity contribution in [3.05, 3.63) is 170 Å². The molecule has 0 aromatic rings. The molecule has 0 aromatic carbocycles. The van der Waals surface area contributed by atoms with Crippen molar-refractivity contribution in [2.75, 3.05) is 39.6 Å². The molecule has 0 radical (unpaired) electrons. The molecule has 5 atom stereocenters. The number of hydrogen-bond donors (Lipinski definition) is 4. The van der Waals surface area contributed by atoms with Gasteiger partial charge in [0.05, 0.1) is 26.4 Å². The van der Waals surface area contributed by atoms with E-state index in [0.29, 0.717) is 19.3 Å². The molecule has 0 fully saturated rings. The summed E-state index contributed by atoms with van der Waals surface area (Å²) < 4.78 is 61.1. The lowest BCUT2D eigenvalue weighted by Crippen LogP contribution is -2.30. The fourth-order valence-electron chi connectivity index (χ4n) is 9.97. The van der Waals surface area contributed by atoms with E-state index in [4.69, 9.17) is 32.3 Å². The van der Waals surface area contributed by atoms with E-state index in [9.17, 15) is 43.5 Å². The highest BCUT2D eigenvalue weighted by Gasteiger charge is 2.29. The fraction of sp³-hybridized carbons (Fsp3) is 0.635. The molecule has 0 aliphatic heterocycles. The Balaban J connectivity index is 4.52. The summed E-state index contributed by atoms with van der Waals surface area (Å²) >= 11 is 0. The Labute approximate surface area is 624 Å². The number of phosphoric ester groups is 2. The van der Waals surface area contributed by atoms with Gasteiger partial charge < -0.3 is 34.2 Å². The average molecular weight is 1480 g/mol. The van der Waals surface area contributed by atoms with E-state index in [1.54, 1.807) is 0 Å². The maximum atomic E-state index is 12.9. The number of esters is 3. The summed E-state index contributed by atoms with van der Waals surface area (Å²) in [6.45, 7) is 2.32. The SMILES string of the molecule is CC/C=C\C/C=C\C/C=C\C/C=C\C/C=C\C/C=C\CCCCCCCCCCCCCCC(=O)OCC(O)COP(=O)(O)OCC(O)COP(=O)(O)OCC(COC(=O)CCCCCC/C=C\C/C=C\C/C=C\C/C=C\C/C=C\C/C=C\CC)OC(=O)CCCCCCC/C=C\C/C=C\CCC. The van der Waals surface area contributed by atoms with E-state index < -0.39 is 91.5 Å². The molecule has 0 rings (SSSR count). The van der Waals surface area contributed by atoms with Gasteiger partial charge in [0.15, 0.2) is 6.10 Å². The molecular formula is C85H140O16P2. The average Bonchev–Trinajstić information content (AvgIpc) is 0.914. The van der Waals surface area contributed by atoms with Crippen molar-refractivity contribution in [1.29, 1.82) is 0 Å². The summed E-state index contributed by atoms with van der Waals surface area (Å²) in [5, 5.41) is 20.6. The van der Waals surface area contributed by atoms with Crippen LogP contribution in [0, 0.1) is 0 Å². The summed E-state index contributed by atoms with van der Waals surface area (Å²) in [5.74, 6) is -1.63. The number of hydrogen-bond acceptors (Lipinski definition) is 14. The van der Waals surface area contributed by atoms with Crippen molar-refractivity contribution >= 4 is 33.6 Å². The Bertz CT molecular complexity index is 2550. The maximum absolute atomic E-state index is 12.9. The number of unbranched alkanes of at least 4 members (excludes halogenated alkanes) is 22. The van der Waals surface area contributed by atoms with E-state index in [2.05, 4.69) is 191 Å². The Hall–Kier alpha value is -5.09. The highest BCUT2D eigenvalue weighted by Crippen LogP contribution is 2.45. The van der Waals surface area contributed by atoms with Crippen LogP contribution >= 0.6 is 15.6 Å². The number of carbonyl (C=O) groups excluding carboxylic acids is 3. The van der Waals surface area contributed by atoms with Crippen molar-refractivity contribution in [3.8, 4) is 0 Å². The van der Waals surface area contributed by atoms with Crippen LogP contribution in [0.25, 0.3) is 0 Å². The highest BCUT2D eigenvalue weighted by molar-refractivity contribution is 7.47. The fourth-order valence-corrected chi connectivity index (χ4v) is 11.6. The van der Waals surface area contributed by atoms with Gasteiger partial charge in [-0.15, -0.1) is 0 Å². The van der Waals surface area contributed by atoms with Crippen molar-refractivity contribution in [3.63, 3.8) is 0 Å². The number of rotatable bonds is 73. The van der Waals surface area contributed by atoms with Crippen LogP contribution in [0.5, 0.6) is 0 Å². The standard InChI is InChI=1S/C85H140O16P2/c1-4-7-10-13-16-19-22-25-27-29-31-33-35-36-37-38-39-40-41-42-44-46-47-49-51-54-56-59-62-65-68-71-83(88)95-74-80(86)75-97-102(91,92)98-76-81(87)77-99-103(93,94)100-79-82(101-85(90)73-70-67-64-61-58-53-24-21-18-15-12-9-6-3)78-96-84(89)72-69-66-63-60-57-55-52-50-48-45-43-34-32-30-28-26-23-20-17-14-11-8-5-2/h7-8,10-12,15-17,19-21,24-28,31-34,36-37,39-40,45,48,52,55,80-82,86-87H,4-6,9,13-14,18,22-23,29-30,35,38,41-44,46-47,49-51,53-54,56-79H2,1-3H3,(H,91,92)(H,93,94)/b10-7-,11-8-,15-12-,19-16-,20-17-,24-21-,27-25-,28-26-,33-31-,34-32-,37-36-,40-39-,48-45-,55-52-. The zero-order valence-electron chi connectivity index (χ0n) is 63.9. The molecule has 0 aliphatic rings. The van der Waals surface area contributed by atoms with Crippen LogP contribution in [0.2, 0.25) is 0 Å². The van der Waals surface area contributed by atoms with Crippen LogP contribution in [0.15, 0.2) is 170 Å². The first-order chi connectivity index (χ1) is 50.2. The monoisotopic (exact) mass is 1480 g/mol. The number of aliphatic hydroxyl groups excluding tert-OH is 2. The summed E-state index contributed by atoms with van der Waals surface area (Å²) in [6.07, 6.45) is 97.0. The third-order valence-corrected chi connectivity index (χ3v) is 17.8. The summed E-state index contributed by atoms with van der Waals surface area (Å²) in [4.78, 5) is 58.6. The molecule has 18 heteroatoms. The topological polar surface area (TPSA) is 231 Å². The van der Waals surface area contributed by atoms with E-state index >= 15 is 0 Å². The van der Waals surface area contributed by atoms with Crippen molar-refractivity contribution in [2.45, 2.75) is 309 Å². The first-order valence-corrected chi connectivity index (χ1v) is 42.4. The number of ether oxygens (including phenoxy) is 3. The van der Waals surface area contributed by atoms with Gasteiger partial charge in [-0.2, -0.15) is 0 Å². The summed E-state index contributed by atoms with van der Waals surface area (Å²) in [5.41, 5.74) is 0. The molecular weight excluding hydrogens is 1340 g/mol. The molecule has 0 saturated heterocycles. The van der Waals surface area contributed by atoms with Gasteiger partial charge in [-0.25, -0.2) is 9.13 Å². The van der Waals surface area contributed by atoms with Gasteiger partial charge in [0.25, 0.3) is 0 Å². The molecule has 0 saturated carbocycles. The smallest absolute Gasteiger partial charge is 0.463 e. The minimum Gasteiger partial charge on any atom is -0.463 e. The predicted octanol–water partition coefficient (Wildman–Crippen LogP) is 23.2. The van der Waals surface area contributed by atoms with Crippen molar-refractivity contribution in [1.82, 2.24) is 0 Å². The molecule has 4 N–H and O–H groups in total. The van der Waals surface area contributed by atoms with Gasteiger partial charge in [0.1, 0.15) is 25.4 Å². The lowest BCUT2D eigenvalue weighted by Gasteiger charge is -2.21. The first kappa shape index (κ1) is 97.9. The van der Waals surface area contributed by atoms with E-state index in [1.165, 1.54) is 51.4 Å². The van der Waals surface area contributed by atoms with Crippen LogP contribution in [0.3, 0.4) is 0 Å². The third-order valence-electron chi connectivity index (χ3n) is 15.9. The van der Waals surface area contributed by atoms with Crippen molar-refractivity contribution in [2.24, 2.45) is 0 Å². The zero-order valence-corrected chi connectivity index (χ0v) is 65.7. The maximum Gasteiger partial charge on any atom is 0.472 e. The van der Waals surface area contributed by atoms with Gasteiger partial charge in [-0.1, -0.05) is 294 Å². The Morgan fingerprint density at radius 1 is 0.282 bits per heavy atom. The quantitative estimate of drug-likeness (QED) is 0.0146. The molecule has 586 valence electrons. The second kappa shape index (κ2) is 76.6. The number of aliphatic hydroxyl groups is 2. The molecule has 103 heavy (non-hydrogen) atoms. The molecule has 0 amide bonds. The minimum atomic E-state index is -4.94. The number of carbonyl (C=O) groups is 3. The molecule has 5 unspecified atom stereocenters. The lowest BCUT2D eigenvalue weighted by molar-refractivity contribution is -0.161. The first-order valence-electron chi connectivity index (χ1n) is 39.4. The number of phosphoric acid groups is 2. The molecule has 0 heterocycles. The highest BCUT2D eigenvalue weighted by atomic mass is 31.2. The lowest BCUT2D eigenvalue weighted by atomic mass is 10.0. The Kier molecular flexibility index (Phi) is 72.8. The van der Waals surface area contributed by atoms with Gasteiger partial charge >= 0.3 is 33.6 Å². The van der Waals surface area contributed by atoms with Gasteiger partial charge in [-0.05, 0) is 148 Å². The van der Waals surface area contributed by atoms with E-state index in [-0.39, 0.29) is 19.3 Å². The van der Waals surface area contributed by atoms with Crippen molar-refractivity contribution < 1.29 is 75.8 Å². The number of allylic oxidation sites excluding steroid dienone is 28.